The number of amides is 2. The van der Waals surface area contributed by atoms with Gasteiger partial charge in [-0.15, -0.1) is 0 Å². The van der Waals surface area contributed by atoms with Crippen LogP contribution in [-0.4, -0.2) is 74.2 Å². The third-order valence-electron chi connectivity index (χ3n) is 7.00. The molecule has 0 radical (unpaired) electrons. The second kappa shape index (κ2) is 15.3. The molecular weight excluding hydrogens is 544 g/mol. The number of carbonyl (C=O) groups excluding carboxylic acids is 2. The molecule has 222 valence electrons. The van der Waals surface area contributed by atoms with Crippen LogP contribution in [-0.2, 0) is 0 Å². The molecule has 8 heteroatoms. The van der Waals surface area contributed by atoms with Crippen molar-refractivity contribution in [1.82, 2.24) is 9.80 Å². The van der Waals surface area contributed by atoms with E-state index >= 15 is 0 Å². The summed E-state index contributed by atoms with van der Waals surface area (Å²) in [7, 11) is 0. The Hall–Kier alpha value is -4.98. The zero-order valence-electron chi connectivity index (χ0n) is 24.1. The minimum Gasteiger partial charge on any atom is -0.490 e. The molecule has 0 saturated carbocycles. The van der Waals surface area contributed by atoms with E-state index in [-0.39, 0.29) is 11.8 Å². The second-order valence-electron chi connectivity index (χ2n) is 10.0. The van der Waals surface area contributed by atoms with Crippen LogP contribution in [0.5, 0.6) is 23.0 Å². The van der Waals surface area contributed by atoms with Gasteiger partial charge in [0.1, 0.15) is 49.4 Å². The highest BCUT2D eigenvalue weighted by atomic mass is 16.5. The number of benzene rings is 4. The average Bonchev–Trinajstić information content (AvgIpc) is 3.33. The van der Waals surface area contributed by atoms with Gasteiger partial charge >= 0.3 is 0 Å². The molecule has 4 aromatic carbocycles. The van der Waals surface area contributed by atoms with Crippen LogP contribution in [0.25, 0.3) is 0 Å². The molecular formula is C35H36N2O6. The summed E-state index contributed by atoms with van der Waals surface area (Å²) >= 11 is 0. The van der Waals surface area contributed by atoms with Crippen molar-refractivity contribution in [3.05, 3.63) is 120 Å². The molecule has 2 amide bonds. The first-order chi connectivity index (χ1) is 21.2. The van der Waals surface area contributed by atoms with E-state index in [4.69, 9.17) is 18.9 Å². The van der Waals surface area contributed by atoms with Gasteiger partial charge in [-0.3, -0.25) is 9.59 Å². The van der Waals surface area contributed by atoms with E-state index in [1.165, 1.54) is 0 Å². The summed E-state index contributed by atoms with van der Waals surface area (Å²) in [5.41, 5.74) is 1.19. The standard InChI is InChI=1S/C35H36N2O6/c38-34(28-12-16-32(17-13-28)42-26-24-40-30-8-3-1-4-9-30)36-20-7-21-37(23-22-36)35(39)29-14-18-33(19-15-29)43-27-25-41-31-10-5-2-6-11-31/h1-6,8-19H,7,20-27H2. The zero-order valence-corrected chi connectivity index (χ0v) is 24.1. The van der Waals surface area contributed by atoms with E-state index in [1.807, 2.05) is 70.5 Å². The molecule has 1 saturated heterocycles. The fourth-order valence-electron chi connectivity index (χ4n) is 4.75. The number of carbonyl (C=O) groups is 2. The predicted molar refractivity (Wildman–Crippen MR) is 164 cm³/mol. The predicted octanol–water partition coefficient (Wildman–Crippen LogP) is 5.59. The van der Waals surface area contributed by atoms with Crippen LogP contribution < -0.4 is 18.9 Å². The molecule has 1 aliphatic rings. The number of hydrogen-bond donors (Lipinski definition) is 0. The molecule has 0 atom stereocenters. The molecule has 0 aliphatic carbocycles. The van der Waals surface area contributed by atoms with Gasteiger partial charge in [0.2, 0.25) is 0 Å². The van der Waals surface area contributed by atoms with Crippen LogP contribution in [0.1, 0.15) is 27.1 Å². The summed E-state index contributed by atoms with van der Waals surface area (Å²) in [6.07, 6.45) is 0.711. The summed E-state index contributed by atoms with van der Waals surface area (Å²) in [4.78, 5) is 30.0. The van der Waals surface area contributed by atoms with Crippen molar-refractivity contribution in [3.8, 4) is 23.0 Å². The van der Waals surface area contributed by atoms with E-state index in [0.717, 1.165) is 11.5 Å². The third kappa shape index (κ3) is 8.75. The van der Waals surface area contributed by atoms with Gasteiger partial charge < -0.3 is 28.7 Å². The van der Waals surface area contributed by atoms with Crippen molar-refractivity contribution in [2.75, 3.05) is 52.6 Å². The largest absolute Gasteiger partial charge is 0.490 e. The van der Waals surface area contributed by atoms with Gasteiger partial charge in [0.25, 0.3) is 11.8 Å². The molecule has 8 nitrogen and oxygen atoms in total. The number of ether oxygens (including phenoxy) is 4. The Labute approximate surface area is 252 Å². The highest BCUT2D eigenvalue weighted by molar-refractivity contribution is 5.95. The molecule has 4 aromatic rings. The summed E-state index contributed by atoms with van der Waals surface area (Å²) < 4.78 is 22.8. The number of nitrogens with zero attached hydrogens (tertiary/aromatic N) is 2. The first-order valence-electron chi connectivity index (χ1n) is 14.6. The van der Waals surface area contributed by atoms with Crippen molar-refractivity contribution >= 4 is 11.8 Å². The van der Waals surface area contributed by atoms with Crippen LogP contribution in [0, 0.1) is 0 Å². The lowest BCUT2D eigenvalue weighted by molar-refractivity contribution is 0.0718. The van der Waals surface area contributed by atoms with Gasteiger partial charge in [-0.1, -0.05) is 36.4 Å². The van der Waals surface area contributed by atoms with Gasteiger partial charge in [-0.2, -0.15) is 0 Å². The molecule has 0 spiro atoms. The number of hydrogen-bond acceptors (Lipinski definition) is 6. The van der Waals surface area contributed by atoms with Crippen molar-refractivity contribution in [1.29, 1.82) is 0 Å². The van der Waals surface area contributed by atoms with Gasteiger partial charge in [-0.25, -0.2) is 0 Å². The zero-order chi connectivity index (χ0) is 29.7. The monoisotopic (exact) mass is 580 g/mol. The van der Waals surface area contributed by atoms with E-state index in [2.05, 4.69) is 0 Å². The average molecular weight is 581 g/mol. The fraction of sp³-hybridized carbons (Fsp3) is 0.257. The quantitative estimate of drug-likeness (QED) is 0.203. The SMILES string of the molecule is O=C(c1ccc(OCCOc2ccccc2)cc1)N1CCCN(C(=O)c2ccc(OCCOc3ccccc3)cc2)CC1. The first kappa shape index (κ1) is 29.5. The minimum atomic E-state index is -0.0500. The fourth-order valence-corrected chi connectivity index (χ4v) is 4.75. The Morgan fingerprint density at radius 1 is 0.442 bits per heavy atom. The van der Waals surface area contributed by atoms with Gasteiger partial charge in [0.15, 0.2) is 0 Å². The lowest BCUT2D eigenvalue weighted by atomic mass is 10.2. The Bertz CT molecular complexity index is 1320. The Balaban J connectivity index is 1.04. The maximum atomic E-state index is 13.2. The van der Waals surface area contributed by atoms with Crippen molar-refractivity contribution in [2.45, 2.75) is 6.42 Å². The highest BCUT2D eigenvalue weighted by Crippen LogP contribution is 2.18. The van der Waals surface area contributed by atoms with E-state index < -0.39 is 0 Å². The van der Waals surface area contributed by atoms with Gasteiger partial charge in [0.05, 0.1) is 0 Å². The second-order valence-corrected chi connectivity index (χ2v) is 10.0. The third-order valence-corrected chi connectivity index (χ3v) is 7.00. The first-order valence-corrected chi connectivity index (χ1v) is 14.6. The molecule has 0 unspecified atom stereocenters. The van der Waals surface area contributed by atoms with Crippen molar-refractivity contribution < 1.29 is 28.5 Å². The van der Waals surface area contributed by atoms with E-state index in [9.17, 15) is 9.59 Å². The lowest BCUT2D eigenvalue weighted by Crippen LogP contribution is -2.37. The lowest BCUT2D eigenvalue weighted by Gasteiger charge is -2.22. The number of para-hydroxylation sites is 2. The van der Waals surface area contributed by atoms with Crippen molar-refractivity contribution in [2.24, 2.45) is 0 Å². The molecule has 0 aromatic heterocycles. The smallest absolute Gasteiger partial charge is 0.253 e. The van der Waals surface area contributed by atoms with Crippen LogP contribution in [0.15, 0.2) is 109 Å². The number of rotatable bonds is 12. The van der Waals surface area contributed by atoms with Gasteiger partial charge in [-0.05, 0) is 79.2 Å². The molecule has 0 bridgehead atoms. The summed E-state index contributed by atoms with van der Waals surface area (Å²) in [6, 6.07) is 33.5. The van der Waals surface area contributed by atoms with Crippen LogP contribution in [0.3, 0.4) is 0 Å². The maximum absolute atomic E-state index is 13.2. The maximum Gasteiger partial charge on any atom is 0.253 e. The minimum absolute atomic E-state index is 0.0500. The Kier molecular flexibility index (Phi) is 10.5. The van der Waals surface area contributed by atoms with Crippen LogP contribution in [0.4, 0.5) is 0 Å². The topological polar surface area (TPSA) is 77.5 Å². The van der Waals surface area contributed by atoms with Crippen LogP contribution >= 0.6 is 0 Å². The summed E-state index contributed by atoms with van der Waals surface area (Å²) in [6.45, 7) is 3.79. The van der Waals surface area contributed by atoms with Gasteiger partial charge in [0, 0.05) is 37.3 Å². The summed E-state index contributed by atoms with van der Waals surface area (Å²) in [5, 5.41) is 0. The van der Waals surface area contributed by atoms with Crippen molar-refractivity contribution in [3.63, 3.8) is 0 Å². The molecule has 1 aliphatic heterocycles. The molecule has 43 heavy (non-hydrogen) atoms. The molecule has 5 rings (SSSR count). The van der Waals surface area contributed by atoms with Crippen LogP contribution in [0.2, 0.25) is 0 Å². The van der Waals surface area contributed by atoms with E-state index in [0.29, 0.717) is 81.7 Å². The Morgan fingerprint density at radius 2 is 0.767 bits per heavy atom. The Morgan fingerprint density at radius 3 is 1.12 bits per heavy atom. The highest BCUT2D eigenvalue weighted by Gasteiger charge is 2.23. The normalized spacial score (nSPS) is 13.1. The molecule has 1 fully saturated rings. The summed E-state index contributed by atoms with van der Waals surface area (Å²) in [5.74, 6) is 2.86. The van der Waals surface area contributed by atoms with E-state index in [1.54, 1.807) is 48.5 Å². The molecule has 0 N–H and O–H groups in total. The molecule has 1 heterocycles.